The number of hydrogen-bond donors (Lipinski definition) is 1. The Bertz CT molecular complexity index is 323. The van der Waals surface area contributed by atoms with Gasteiger partial charge in [0.2, 0.25) is 0 Å². The van der Waals surface area contributed by atoms with Gasteiger partial charge in [0.05, 0.1) is 11.4 Å². The van der Waals surface area contributed by atoms with E-state index >= 15 is 0 Å². The zero-order valence-corrected chi connectivity index (χ0v) is 9.37. The van der Waals surface area contributed by atoms with Crippen LogP contribution in [0, 0.1) is 5.92 Å². The van der Waals surface area contributed by atoms with Gasteiger partial charge in [0.1, 0.15) is 0 Å². The summed E-state index contributed by atoms with van der Waals surface area (Å²) >= 11 is 1.50. The SMILES string of the molecule is O=C(CN1CC[C@H](CO)C1)c1cccs1. The van der Waals surface area contributed by atoms with E-state index in [0.717, 1.165) is 24.4 Å². The van der Waals surface area contributed by atoms with E-state index in [1.54, 1.807) is 0 Å². The highest BCUT2D eigenvalue weighted by Gasteiger charge is 2.23. The molecule has 0 unspecified atom stereocenters. The molecule has 2 rings (SSSR count). The summed E-state index contributed by atoms with van der Waals surface area (Å²) in [7, 11) is 0. The van der Waals surface area contributed by atoms with Crippen LogP contribution in [0.3, 0.4) is 0 Å². The van der Waals surface area contributed by atoms with Gasteiger partial charge in [-0.2, -0.15) is 0 Å². The maximum atomic E-state index is 11.8. The molecule has 0 saturated carbocycles. The van der Waals surface area contributed by atoms with Crippen LogP contribution in [0.1, 0.15) is 16.1 Å². The topological polar surface area (TPSA) is 40.5 Å². The van der Waals surface area contributed by atoms with Crippen LogP contribution in [0.2, 0.25) is 0 Å². The van der Waals surface area contributed by atoms with E-state index in [1.807, 2.05) is 17.5 Å². The molecule has 2 heterocycles. The van der Waals surface area contributed by atoms with Crippen LogP contribution in [-0.4, -0.2) is 42.0 Å². The van der Waals surface area contributed by atoms with Gasteiger partial charge in [-0.1, -0.05) is 6.07 Å². The van der Waals surface area contributed by atoms with E-state index in [9.17, 15) is 4.79 Å². The number of likely N-dealkylation sites (tertiary alicyclic amines) is 1. The molecular weight excluding hydrogens is 210 g/mol. The van der Waals surface area contributed by atoms with Gasteiger partial charge in [-0.25, -0.2) is 0 Å². The fourth-order valence-electron chi connectivity index (χ4n) is 1.92. The van der Waals surface area contributed by atoms with Crippen molar-refractivity contribution in [2.24, 2.45) is 5.92 Å². The normalized spacial score (nSPS) is 22.1. The minimum atomic E-state index is 0.198. The molecule has 1 fully saturated rings. The molecule has 1 aliphatic rings. The molecule has 82 valence electrons. The van der Waals surface area contributed by atoms with Crippen LogP contribution < -0.4 is 0 Å². The van der Waals surface area contributed by atoms with Gasteiger partial charge in [0.25, 0.3) is 0 Å². The molecule has 1 aliphatic heterocycles. The first-order valence-electron chi connectivity index (χ1n) is 5.19. The molecule has 15 heavy (non-hydrogen) atoms. The largest absolute Gasteiger partial charge is 0.396 e. The van der Waals surface area contributed by atoms with Crippen molar-refractivity contribution in [1.82, 2.24) is 4.90 Å². The van der Waals surface area contributed by atoms with Crippen molar-refractivity contribution in [3.8, 4) is 0 Å². The Morgan fingerprint density at radius 1 is 1.67 bits per heavy atom. The van der Waals surface area contributed by atoms with Crippen molar-refractivity contribution in [2.45, 2.75) is 6.42 Å². The molecule has 0 bridgehead atoms. The number of rotatable bonds is 4. The third-order valence-corrected chi connectivity index (χ3v) is 3.70. The molecule has 4 heteroatoms. The number of ketones is 1. The summed E-state index contributed by atoms with van der Waals surface area (Å²) in [5.74, 6) is 0.560. The predicted molar refractivity (Wildman–Crippen MR) is 60.3 cm³/mol. The van der Waals surface area contributed by atoms with E-state index in [1.165, 1.54) is 11.3 Å². The Kier molecular flexibility index (Phi) is 3.51. The third-order valence-electron chi connectivity index (χ3n) is 2.79. The summed E-state index contributed by atoms with van der Waals surface area (Å²) in [5.41, 5.74) is 0. The first-order valence-corrected chi connectivity index (χ1v) is 6.07. The molecule has 0 aromatic carbocycles. The van der Waals surface area contributed by atoms with Gasteiger partial charge in [-0.3, -0.25) is 9.69 Å². The molecule has 1 N–H and O–H groups in total. The smallest absolute Gasteiger partial charge is 0.186 e. The van der Waals surface area contributed by atoms with E-state index in [4.69, 9.17) is 5.11 Å². The molecule has 1 aromatic rings. The number of carbonyl (C=O) groups is 1. The number of hydrogen-bond acceptors (Lipinski definition) is 4. The van der Waals surface area contributed by atoms with Crippen LogP contribution >= 0.6 is 11.3 Å². The van der Waals surface area contributed by atoms with E-state index < -0.39 is 0 Å². The summed E-state index contributed by atoms with van der Waals surface area (Å²) in [5, 5.41) is 10.9. The lowest BCUT2D eigenvalue weighted by molar-refractivity contribution is 0.0944. The molecule has 0 radical (unpaired) electrons. The minimum absolute atomic E-state index is 0.198. The number of Topliss-reactive ketones (excluding diaryl/α,β-unsaturated/α-hetero) is 1. The van der Waals surface area contributed by atoms with Gasteiger partial charge in [0, 0.05) is 13.2 Å². The standard InChI is InChI=1S/C11H15NO2S/c13-8-9-3-4-12(6-9)7-10(14)11-2-1-5-15-11/h1-2,5,9,13H,3-4,6-8H2/t9-/m0/s1. The molecule has 1 saturated heterocycles. The van der Waals surface area contributed by atoms with Crippen LogP contribution in [-0.2, 0) is 0 Å². The fourth-order valence-corrected chi connectivity index (χ4v) is 2.58. The second-order valence-corrected chi connectivity index (χ2v) is 4.92. The van der Waals surface area contributed by atoms with Crippen LogP contribution in [0.5, 0.6) is 0 Å². The Labute approximate surface area is 93.3 Å². The molecule has 3 nitrogen and oxygen atoms in total. The Morgan fingerprint density at radius 2 is 2.53 bits per heavy atom. The summed E-state index contributed by atoms with van der Waals surface area (Å²) in [6, 6.07) is 3.77. The highest BCUT2D eigenvalue weighted by Crippen LogP contribution is 2.17. The van der Waals surface area contributed by atoms with E-state index in [-0.39, 0.29) is 12.4 Å². The Hall–Kier alpha value is -0.710. The van der Waals surface area contributed by atoms with Gasteiger partial charge < -0.3 is 5.11 Å². The fraction of sp³-hybridized carbons (Fsp3) is 0.545. The van der Waals surface area contributed by atoms with Gasteiger partial charge >= 0.3 is 0 Å². The van der Waals surface area contributed by atoms with Crippen LogP contribution in [0.15, 0.2) is 17.5 Å². The summed E-state index contributed by atoms with van der Waals surface area (Å²) < 4.78 is 0. The van der Waals surface area contributed by atoms with E-state index in [2.05, 4.69) is 4.90 Å². The molecular formula is C11H15NO2S. The Morgan fingerprint density at radius 3 is 3.13 bits per heavy atom. The number of nitrogens with zero attached hydrogens (tertiary/aromatic N) is 1. The van der Waals surface area contributed by atoms with Gasteiger partial charge in [-0.15, -0.1) is 11.3 Å². The van der Waals surface area contributed by atoms with Crippen molar-refractivity contribution in [3.05, 3.63) is 22.4 Å². The maximum absolute atomic E-state index is 11.8. The number of aliphatic hydroxyl groups is 1. The summed E-state index contributed by atoms with van der Waals surface area (Å²) in [4.78, 5) is 14.7. The Balaban J connectivity index is 1.86. The number of thiophene rings is 1. The van der Waals surface area contributed by atoms with E-state index in [0.29, 0.717) is 12.5 Å². The lowest BCUT2D eigenvalue weighted by Crippen LogP contribution is -2.27. The maximum Gasteiger partial charge on any atom is 0.186 e. The zero-order valence-electron chi connectivity index (χ0n) is 8.56. The van der Waals surface area contributed by atoms with Gasteiger partial charge in [-0.05, 0) is 30.3 Å². The summed E-state index contributed by atoms with van der Waals surface area (Å²) in [6.45, 7) is 2.52. The van der Waals surface area contributed by atoms with Crippen molar-refractivity contribution in [2.75, 3.05) is 26.2 Å². The van der Waals surface area contributed by atoms with Gasteiger partial charge in [0.15, 0.2) is 5.78 Å². The average Bonchev–Trinajstić information content (AvgIpc) is 2.87. The molecule has 0 aliphatic carbocycles. The molecule has 1 atom stereocenters. The highest BCUT2D eigenvalue weighted by atomic mass is 32.1. The van der Waals surface area contributed by atoms with Crippen LogP contribution in [0.4, 0.5) is 0 Å². The number of aliphatic hydroxyl groups excluding tert-OH is 1. The van der Waals surface area contributed by atoms with Crippen molar-refractivity contribution in [1.29, 1.82) is 0 Å². The zero-order chi connectivity index (χ0) is 10.7. The van der Waals surface area contributed by atoms with Crippen molar-refractivity contribution in [3.63, 3.8) is 0 Å². The second-order valence-electron chi connectivity index (χ2n) is 3.97. The highest BCUT2D eigenvalue weighted by molar-refractivity contribution is 7.12. The van der Waals surface area contributed by atoms with Crippen LogP contribution in [0.25, 0.3) is 0 Å². The average molecular weight is 225 g/mol. The lowest BCUT2D eigenvalue weighted by atomic mass is 10.1. The lowest BCUT2D eigenvalue weighted by Gasteiger charge is -2.13. The predicted octanol–water partition coefficient (Wildman–Crippen LogP) is 1.24. The first kappa shape index (κ1) is 10.8. The molecule has 0 amide bonds. The number of carbonyl (C=O) groups excluding carboxylic acids is 1. The third kappa shape index (κ3) is 2.65. The van der Waals surface area contributed by atoms with Crippen molar-refractivity contribution >= 4 is 17.1 Å². The quantitative estimate of drug-likeness (QED) is 0.784. The second kappa shape index (κ2) is 4.88. The molecule has 1 aromatic heterocycles. The monoisotopic (exact) mass is 225 g/mol. The summed E-state index contributed by atoms with van der Waals surface area (Å²) in [6.07, 6.45) is 1.01. The minimum Gasteiger partial charge on any atom is -0.396 e. The first-order chi connectivity index (χ1) is 7.29. The molecule has 0 spiro atoms. The van der Waals surface area contributed by atoms with Crippen molar-refractivity contribution < 1.29 is 9.90 Å².